The second-order valence-corrected chi connectivity index (χ2v) is 12.5. The van der Waals surface area contributed by atoms with Crippen LogP contribution < -0.4 is 30.2 Å². The molecule has 0 unspecified atom stereocenters. The standard InChI is InChI=1S/C42H41N3O9/c1-2-42(27-52-36-18-6-3-15-33(36)39(46)43-24-30-12-9-21-49-30,28-53-37-19-7-4-16-34(37)40(47)44-25-31-13-10-22-50-31)29-54-38-20-8-5-17-35(38)41(48)45-26-32-14-11-23-51-32/h3-23H,2,24-29H2,1H3,(H,43,46)(H,44,47)(H,45,48). The summed E-state index contributed by atoms with van der Waals surface area (Å²) < 4.78 is 35.3. The second-order valence-electron chi connectivity index (χ2n) is 12.5. The second kappa shape index (κ2) is 18.2. The molecular formula is C42H41N3O9. The maximum absolute atomic E-state index is 13.3. The molecular weight excluding hydrogens is 690 g/mol. The van der Waals surface area contributed by atoms with Crippen molar-refractivity contribution in [3.8, 4) is 17.2 Å². The number of ether oxygens (including phenoxy) is 3. The molecule has 3 amide bonds. The van der Waals surface area contributed by atoms with E-state index in [1.807, 2.05) is 6.92 Å². The Morgan fingerprint density at radius 3 is 1.07 bits per heavy atom. The van der Waals surface area contributed by atoms with Crippen molar-refractivity contribution in [3.63, 3.8) is 0 Å². The van der Waals surface area contributed by atoms with Gasteiger partial charge in [-0.15, -0.1) is 0 Å². The van der Waals surface area contributed by atoms with Crippen molar-refractivity contribution in [1.82, 2.24) is 16.0 Å². The summed E-state index contributed by atoms with van der Waals surface area (Å²) in [6.07, 6.45) is 5.14. The SMILES string of the molecule is CCC(COc1ccccc1C(=O)NCc1ccco1)(COc1ccccc1C(=O)NCc1ccco1)COc1ccccc1C(=O)NCc1ccco1. The van der Waals surface area contributed by atoms with Crippen molar-refractivity contribution in [2.45, 2.75) is 33.0 Å². The number of nitrogens with one attached hydrogen (secondary N) is 3. The first-order valence-electron chi connectivity index (χ1n) is 17.5. The first-order chi connectivity index (χ1) is 26.4. The normalized spacial score (nSPS) is 11.1. The lowest BCUT2D eigenvalue weighted by molar-refractivity contribution is 0.0284. The molecule has 0 fully saturated rings. The lowest BCUT2D eigenvalue weighted by atomic mass is 9.87. The highest BCUT2D eigenvalue weighted by Crippen LogP contribution is 2.31. The number of furan rings is 3. The smallest absolute Gasteiger partial charge is 0.255 e. The minimum absolute atomic E-state index is 0.0612. The third-order valence-electron chi connectivity index (χ3n) is 8.76. The minimum Gasteiger partial charge on any atom is -0.492 e. The predicted molar refractivity (Wildman–Crippen MR) is 198 cm³/mol. The van der Waals surface area contributed by atoms with Gasteiger partial charge in [0.05, 0.1) is 60.5 Å². The summed E-state index contributed by atoms with van der Waals surface area (Å²) in [6.45, 7) is 2.79. The molecule has 0 bridgehead atoms. The first-order valence-corrected chi connectivity index (χ1v) is 17.5. The van der Waals surface area contributed by atoms with E-state index in [1.165, 1.54) is 0 Å². The van der Waals surface area contributed by atoms with Gasteiger partial charge in [0.1, 0.15) is 54.3 Å². The van der Waals surface area contributed by atoms with Gasteiger partial charge in [-0.3, -0.25) is 14.4 Å². The van der Waals surface area contributed by atoms with Gasteiger partial charge in [-0.05, 0) is 79.2 Å². The van der Waals surface area contributed by atoms with Crippen molar-refractivity contribution in [3.05, 3.63) is 162 Å². The van der Waals surface area contributed by atoms with Crippen molar-refractivity contribution < 1.29 is 41.8 Å². The Balaban J connectivity index is 1.21. The molecule has 0 aliphatic rings. The summed E-state index contributed by atoms with van der Waals surface area (Å²) in [5.41, 5.74) is 0.182. The number of para-hydroxylation sites is 3. The molecule has 0 saturated heterocycles. The zero-order valence-corrected chi connectivity index (χ0v) is 29.7. The molecule has 6 rings (SSSR count). The van der Waals surface area contributed by atoms with Gasteiger partial charge in [-0.2, -0.15) is 0 Å². The number of hydrogen-bond donors (Lipinski definition) is 3. The number of amides is 3. The van der Waals surface area contributed by atoms with E-state index in [2.05, 4.69) is 16.0 Å². The molecule has 0 aliphatic heterocycles. The predicted octanol–water partition coefficient (Wildman–Crippen LogP) is 7.19. The molecule has 278 valence electrons. The largest absolute Gasteiger partial charge is 0.492 e. The molecule has 3 N–H and O–H groups in total. The monoisotopic (exact) mass is 731 g/mol. The minimum atomic E-state index is -0.840. The molecule has 12 nitrogen and oxygen atoms in total. The quantitative estimate of drug-likeness (QED) is 0.0786. The number of rotatable bonds is 19. The highest BCUT2D eigenvalue weighted by atomic mass is 16.5. The third-order valence-corrected chi connectivity index (χ3v) is 8.76. The summed E-state index contributed by atoms with van der Waals surface area (Å²) in [6, 6.07) is 31.5. The van der Waals surface area contributed by atoms with E-state index in [-0.39, 0.29) is 57.2 Å². The molecule has 0 radical (unpaired) electrons. The van der Waals surface area contributed by atoms with Crippen LogP contribution in [0.2, 0.25) is 0 Å². The van der Waals surface area contributed by atoms with Gasteiger partial charge in [0.15, 0.2) is 0 Å². The van der Waals surface area contributed by atoms with Gasteiger partial charge >= 0.3 is 0 Å². The highest BCUT2D eigenvalue weighted by Gasteiger charge is 2.34. The Labute approximate surface area is 312 Å². The molecule has 3 aromatic carbocycles. The maximum atomic E-state index is 13.3. The Morgan fingerprint density at radius 1 is 0.481 bits per heavy atom. The van der Waals surface area contributed by atoms with Crippen LogP contribution in [-0.2, 0) is 19.6 Å². The Kier molecular flexibility index (Phi) is 12.5. The maximum Gasteiger partial charge on any atom is 0.255 e. The third kappa shape index (κ3) is 9.79. The fraction of sp³-hybridized carbons (Fsp3) is 0.214. The van der Waals surface area contributed by atoms with Gasteiger partial charge in [0.2, 0.25) is 0 Å². The molecule has 3 heterocycles. The van der Waals surface area contributed by atoms with Crippen LogP contribution in [0.4, 0.5) is 0 Å². The lowest BCUT2D eigenvalue weighted by Gasteiger charge is -2.33. The van der Waals surface area contributed by atoms with Gasteiger partial charge in [0, 0.05) is 0 Å². The molecule has 0 saturated carbocycles. The van der Waals surface area contributed by atoms with Crippen LogP contribution >= 0.6 is 0 Å². The van der Waals surface area contributed by atoms with Crippen molar-refractivity contribution in [2.24, 2.45) is 5.41 Å². The molecule has 12 heteroatoms. The van der Waals surface area contributed by atoms with E-state index in [0.717, 1.165) is 0 Å². The Bertz CT molecular complexity index is 1860. The van der Waals surface area contributed by atoms with E-state index >= 15 is 0 Å². The molecule has 6 aromatic rings. The summed E-state index contributed by atoms with van der Waals surface area (Å²) in [5, 5.41) is 8.61. The zero-order valence-electron chi connectivity index (χ0n) is 29.7. The number of benzene rings is 3. The van der Waals surface area contributed by atoms with E-state index in [9.17, 15) is 14.4 Å². The lowest BCUT2D eigenvalue weighted by Crippen LogP contribution is -2.41. The van der Waals surface area contributed by atoms with Crippen LogP contribution in [0.15, 0.2) is 141 Å². The van der Waals surface area contributed by atoms with Crippen LogP contribution in [0, 0.1) is 5.41 Å². The average molecular weight is 732 g/mol. The molecule has 0 spiro atoms. The van der Waals surface area contributed by atoms with E-state index in [1.54, 1.807) is 128 Å². The zero-order chi connectivity index (χ0) is 37.6. The van der Waals surface area contributed by atoms with Gasteiger partial charge in [-0.25, -0.2) is 0 Å². The van der Waals surface area contributed by atoms with E-state index < -0.39 is 5.41 Å². The van der Waals surface area contributed by atoms with Crippen molar-refractivity contribution in [1.29, 1.82) is 0 Å². The summed E-state index contributed by atoms with van der Waals surface area (Å²) in [5.74, 6) is 1.94. The number of hydrogen-bond acceptors (Lipinski definition) is 9. The van der Waals surface area contributed by atoms with E-state index in [4.69, 9.17) is 27.5 Å². The topological polar surface area (TPSA) is 154 Å². The van der Waals surface area contributed by atoms with Gasteiger partial charge < -0.3 is 43.4 Å². The fourth-order valence-corrected chi connectivity index (χ4v) is 5.49. The molecule has 54 heavy (non-hydrogen) atoms. The van der Waals surface area contributed by atoms with Crippen LogP contribution in [0.3, 0.4) is 0 Å². The number of carbonyl (C=O) groups excluding carboxylic acids is 3. The summed E-state index contributed by atoms with van der Waals surface area (Å²) in [7, 11) is 0. The fourth-order valence-electron chi connectivity index (χ4n) is 5.49. The van der Waals surface area contributed by atoms with Gasteiger partial charge in [-0.1, -0.05) is 43.3 Å². The highest BCUT2D eigenvalue weighted by molar-refractivity contribution is 5.98. The number of carbonyl (C=O) groups is 3. The van der Waals surface area contributed by atoms with Gasteiger partial charge in [0.25, 0.3) is 17.7 Å². The summed E-state index contributed by atoms with van der Waals surface area (Å²) >= 11 is 0. The van der Waals surface area contributed by atoms with Crippen LogP contribution in [0.5, 0.6) is 17.2 Å². The van der Waals surface area contributed by atoms with Crippen LogP contribution in [-0.4, -0.2) is 37.5 Å². The molecule has 3 aromatic heterocycles. The van der Waals surface area contributed by atoms with Crippen LogP contribution in [0.25, 0.3) is 0 Å². The summed E-state index contributed by atoms with van der Waals surface area (Å²) in [4.78, 5) is 39.8. The van der Waals surface area contributed by atoms with Crippen LogP contribution in [0.1, 0.15) is 61.7 Å². The first kappa shape index (κ1) is 37.1. The Morgan fingerprint density at radius 2 is 0.796 bits per heavy atom. The molecule has 0 aliphatic carbocycles. The van der Waals surface area contributed by atoms with Crippen molar-refractivity contribution >= 4 is 17.7 Å². The van der Waals surface area contributed by atoms with Crippen molar-refractivity contribution in [2.75, 3.05) is 19.8 Å². The van der Waals surface area contributed by atoms with E-state index in [0.29, 0.717) is 57.6 Å². The molecule has 0 atom stereocenters. The Hall–Kier alpha value is -6.69. The average Bonchev–Trinajstić information content (AvgIpc) is 4.04.